The summed E-state index contributed by atoms with van der Waals surface area (Å²) in [4.78, 5) is 43.0. The molecule has 12 nitrogen and oxygen atoms in total. The van der Waals surface area contributed by atoms with Crippen molar-refractivity contribution >= 4 is 40.6 Å². The highest BCUT2D eigenvalue weighted by Crippen LogP contribution is 2.39. The summed E-state index contributed by atoms with van der Waals surface area (Å²) >= 11 is 0. The van der Waals surface area contributed by atoms with Crippen LogP contribution in [0.3, 0.4) is 0 Å². The van der Waals surface area contributed by atoms with Gasteiger partial charge in [-0.1, -0.05) is 13.0 Å². The number of amides is 2. The molecule has 3 aliphatic heterocycles. The Hall–Kier alpha value is -4.45. The maximum Gasteiger partial charge on any atom is 0.271 e. The molecule has 4 N–H and O–H groups in total. The van der Waals surface area contributed by atoms with E-state index in [1.165, 1.54) is 0 Å². The first-order valence-corrected chi connectivity index (χ1v) is 13.6. The molecule has 208 valence electrons. The summed E-state index contributed by atoms with van der Waals surface area (Å²) in [5.41, 5.74) is 7.76. The Labute approximate surface area is 231 Å². The van der Waals surface area contributed by atoms with Crippen LogP contribution in [-0.2, 0) is 16.0 Å². The van der Waals surface area contributed by atoms with Gasteiger partial charge in [-0.05, 0) is 43.5 Å². The summed E-state index contributed by atoms with van der Waals surface area (Å²) in [7, 11) is 0. The number of benzene rings is 1. The van der Waals surface area contributed by atoms with Crippen LogP contribution in [0.25, 0.3) is 0 Å². The number of piperazine rings is 1. The van der Waals surface area contributed by atoms with Gasteiger partial charge in [-0.2, -0.15) is 0 Å². The van der Waals surface area contributed by atoms with Crippen molar-refractivity contribution in [3.63, 3.8) is 0 Å². The number of carbonyl (C=O) groups excluding carboxylic acids is 2. The van der Waals surface area contributed by atoms with Crippen molar-refractivity contribution in [1.29, 1.82) is 0 Å². The lowest BCUT2D eigenvalue weighted by molar-refractivity contribution is -0.119. The lowest BCUT2D eigenvalue weighted by atomic mass is 10.1. The van der Waals surface area contributed by atoms with Crippen molar-refractivity contribution in [2.45, 2.75) is 38.3 Å². The lowest BCUT2D eigenvalue weighted by Crippen LogP contribution is -2.60. The maximum absolute atomic E-state index is 13.2. The number of aromatic nitrogens is 3. The Morgan fingerprint density at radius 3 is 2.75 bits per heavy atom. The maximum atomic E-state index is 13.2. The Bertz CT molecular complexity index is 1410. The van der Waals surface area contributed by atoms with Crippen LogP contribution >= 0.6 is 0 Å². The van der Waals surface area contributed by atoms with E-state index in [0.29, 0.717) is 61.4 Å². The molecule has 3 aromatic rings. The van der Waals surface area contributed by atoms with Crippen molar-refractivity contribution in [2.24, 2.45) is 5.73 Å². The van der Waals surface area contributed by atoms with Crippen molar-refractivity contribution in [2.75, 3.05) is 53.3 Å². The van der Waals surface area contributed by atoms with Gasteiger partial charge in [0, 0.05) is 43.8 Å². The number of pyridine rings is 1. The molecule has 12 heteroatoms. The standard InChI is InChI=1S/C28H32N8O4/c1-2-20-27(31-17-8-11-39-12-9-17)34-28(25(33-20)26(29)38)32-18-6-7-21-22(13-18)40-16-19-14-35(15-24(37)36(19)21)23-5-3-4-10-30-23/h3-7,10,13,17,19H,2,8-9,11-12,14-16H2,1H3,(H2,29,38)(H2,31,32,34). The second kappa shape index (κ2) is 11.0. The SMILES string of the molecule is CCc1nc(C(N)=O)c(Nc2ccc3c(c2)OCC2CN(c4ccccn4)CC(=O)N32)nc1NC1CCOCC1. The van der Waals surface area contributed by atoms with Gasteiger partial charge >= 0.3 is 0 Å². The van der Waals surface area contributed by atoms with Crippen LogP contribution in [0.4, 0.5) is 28.8 Å². The predicted molar refractivity (Wildman–Crippen MR) is 150 cm³/mol. The number of rotatable bonds is 7. The number of nitrogens with two attached hydrogens (primary N) is 1. The molecule has 0 bridgehead atoms. The number of nitrogens with one attached hydrogen (secondary N) is 2. The lowest BCUT2D eigenvalue weighted by Gasteiger charge is -2.44. The molecule has 6 rings (SSSR count). The van der Waals surface area contributed by atoms with Crippen molar-refractivity contribution < 1.29 is 19.1 Å². The third kappa shape index (κ3) is 5.09. The molecular formula is C28H32N8O4. The van der Waals surface area contributed by atoms with E-state index in [0.717, 1.165) is 18.7 Å². The predicted octanol–water partition coefficient (Wildman–Crippen LogP) is 2.48. The number of primary amides is 1. The first-order valence-electron chi connectivity index (χ1n) is 13.6. The third-order valence-corrected chi connectivity index (χ3v) is 7.38. The zero-order chi connectivity index (χ0) is 27.6. The van der Waals surface area contributed by atoms with Crippen molar-refractivity contribution in [3.05, 3.63) is 54.0 Å². The minimum atomic E-state index is -0.671. The quantitative estimate of drug-likeness (QED) is 0.405. The Morgan fingerprint density at radius 1 is 1.15 bits per heavy atom. The minimum Gasteiger partial charge on any atom is -0.489 e. The average Bonchev–Trinajstić information content (AvgIpc) is 2.97. The number of fused-ring (bicyclic) bond motifs is 3. The molecule has 2 saturated heterocycles. The van der Waals surface area contributed by atoms with Gasteiger partial charge in [-0.3, -0.25) is 14.5 Å². The molecule has 0 aliphatic carbocycles. The molecule has 0 spiro atoms. The van der Waals surface area contributed by atoms with Crippen LogP contribution in [0.1, 0.15) is 35.9 Å². The van der Waals surface area contributed by atoms with Crippen LogP contribution in [0.15, 0.2) is 42.6 Å². The van der Waals surface area contributed by atoms with E-state index in [2.05, 4.69) is 20.6 Å². The summed E-state index contributed by atoms with van der Waals surface area (Å²) in [5.74, 6) is 1.53. The van der Waals surface area contributed by atoms with Crippen molar-refractivity contribution in [3.8, 4) is 5.75 Å². The van der Waals surface area contributed by atoms with Crippen molar-refractivity contribution in [1.82, 2.24) is 15.0 Å². The summed E-state index contributed by atoms with van der Waals surface area (Å²) in [6.45, 7) is 4.54. The average molecular weight is 545 g/mol. The number of nitrogens with zero attached hydrogens (tertiary/aromatic N) is 5. The van der Waals surface area contributed by atoms with E-state index in [1.54, 1.807) is 12.3 Å². The summed E-state index contributed by atoms with van der Waals surface area (Å²) in [5, 5.41) is 6.68. The second-order valence-electron chi connectivity index (χ2n) is 10.1. The number of hydrogen-bond acceptors (Lipinski definition) is 10. The molecule has 5 heterocycles. The minimum absolute atomic E-state index is 0.0203. The molecule has 2 fully saturated rings. The smallest absolute Gasteiger partial charge is 0.271 e. The van der Waals surface area contributed by atoms with Crippen LogP contribution in [0.2, 0.25) is 0 Å². The molecule has 1 aromatic carbocycles. The normalized spacial score (nSPS) is 18.9. The first kappa shape index (κ1) is 25.8. The molecule has 1 atom stereocenters. The van der Waals surface area contributed by atoms with Crippen LogP contribution in [-0.4, -0.2) is 71.8 Å². The van der Waals surface area contributed by atoms with Gasteiger partial charge in [0.1, 0.15) is 18.2 Å². The summed E-state index contributed by atoms with van der Waals surface area (Å²) < 4.78 is 11.6. The molecule has 3 aliphatic rings. The van der Waals surface area contributed by atoms with Crippen LogP contribution in [0, 0.1) is 0 Å². The number of aryl methyl sites for hydroxylation is 1. The van der Waals surface area contributed by atoms with E-state index in [-0.39, 0.29) is 36.0 Å². The van der Waals surface area contributed by atoms with Gasteiger partial charge in [0.05, 0.1) is 24.0 Å². The third-order valence-electron chi connectivity index (χ3n) is 7.38. The van der Waals surface area contributed by atoms with Crippen LogP contribution < -0.4 is 30.9 Å². The topological polar surface area (TPSA) is 148 Å². The molecule has 0 saturated carbocycles. The summed E-state index contributed by atoms with van der Waals surface area (Å²) in [6.07, 6.45) is 4.04. The molecule has 2 amide bonds. The Kier molecular flexibility index (Phi) is 7.08. The zero-order valence-electron chi connectivity index (χ0n) is 22.3. The highest BCUT2D eigenvalue weighted by molar-refractivity contribution is 6.00. The van der Waals surface area contributed by atoms with E-state index < -0.39 is 5.91 Å². The molecule has 2 aromatic heterocycles. The van der Waals surface area contributed by atoms with E-state index in [1.807, 2.05) is 47.1 Å². The largest absolute Gasteiger partial charge is 0.489 e. The molecule has 0 radical (unpaired) electrons. The van der Waals surface area contributed by atoms with Gasteiger partial charge in [-0.15, -0.1) is 0 Å². The fourth-order valence-corrected chi connectivity index (χ4v) is 5.37. The first-order chi connectivity index (χ1) is 19.5. The van der Waals surface area contributed by atoms with Gasteiger partial charge < -0.3 is 30.7 Å². The second-order valence-corrected chi connectivity index (χ2v) is 10.1. The number of hydrogen-bond donors (Lipinski definition) is 3. The number of ether oxygens (including phenoxy) is 2. The van der Waals surface area contributed by atoms with Crippen LogP contribution in [0.5, 0.6) is 5.75 Å². The fraction of sp³-hybridized carbons (Fsp3) is 0.393. The number of carbonyl (C=O) groups is 2. The highest BCUT2D eigenvalue weighted by atomic mass is 16.5. The molecule has 40 heavy (non-hydrogen) atoms. The van der Waals surface area contributed by atoms with E-state index in [9.17, 15) is 9.59 Å². The Morgan fingerprint density at radius 2 is 2.00 bits per heavy atom. The zero-order valence-corrected chi connectivity index (χ0v) is 22.3. The van der Waals surface area contributed by atoms with Gasteiger partial charge in [-0.25, -0.2) is 15.0 Å². The number of anilines is 5. The Balaban J connectivity index is 1.25. The fourth-order valence-electron chi connectivity index (χ4n) is 5.37. The van der Waals surface area contributed by atoms with E-state index in [4.69, 9.17) is 20.2 Å². The van der Waals surface area contributed by atoms with E-state index >= 15 is 0 Å². The van der Waals surface area contributed by atoms with Gasteiger partial charge in [0.2, 0.25) is 5.91 Å². The van der Waals surface area contributed by atoms with Gasteiger partial charge in [0.15, 0.2) is 17.3 Å². The molecule has 1 unspecified atom stereocenters. The monoisotopic (exact) mass is 544 g/mol. The molecular weight excluding hydrogens is 512 g/mol. The van der Waals surface area contributed by atoms with Gasteiger partial charge in [0.25, 0.3) is 5.91 Å². The highest BCUT2D eigenvalue weighted by Gasteiger charge is 2.38. The summed E-state index contributed by atoms with van der Waals surface area (Å²) in [6, 6.07) is 11.2.